The average molecular weight is 583 g/mol. The predicted octanol–water partition coefficient (Wildman–Crippen LogP) is 5.37. The average Bonchev–Trinajstić information content (AvgIpc) is 3.70. The molecule has 214 valence electrons. The van der Waals surface area contributed by atoms with Gasteiger partial charge in [0, 0.05) is 66.7 Å². The van der Waals surface area contributed by atoms with E-state index in [2.05, 4.69) is 15.3 Å². The summed E-state index contributed by atoms with van der Waals surface area (Å²) in [5, 5.41) is 6.06. The van der Waals surface area contributed by atoms with Crippen LogP contribution in [0.3, 0.4) is 0 Å². The number of ether oxygens (including phenoxy) is 1. The Bertz CT molecular complexity index is 1910. The first-order valence-corrected chi connectivity index (χ1v) is 15.1. The van der Waals surface area contributed by atoms with Gasteiger partial charge in [-0.25, -0.2) is 4.98 Å². The van der Waals surface area contributed by atoms with Gasteiger partial charge in [-0.05, 0) is 36.6 Å². The van der Waals surface area contributed by atoms with Gasteiger partial charge in [-0.3, -0.25) is 19.1 Å². The first-order valence-electron chi connectivity index (χ1n) is 14.2. The quantitative estimate of drug-likeness (QED) is 0.266. The van der Waals surface area contributed by atoms with E-state index < -0.39 is 0 Å². The number of thiophene rings is 1. The number of fused-ring (bicyclic) bond motifs is 2. The number of anilines is 3. The van der Waals surface area contributed by atoms with Gasteiger partial charge in [-0.1, -0.05) is 25.0 Å². The number of hydrogen-bond acceptors (Lipinski definition) is 10. The van der Waals surface area contributed by atoms with Crippen LogP contribution in [0.1, 0.15) is 37.3 Å². The summed E-state index contributed by atoms with van der Waals surface area (Å²) in [5.74, 6) is 0.993. The Morgan fingerprint density at radius 3 is 2.64 bits per heavy atom. The van der Waals surface area contributed by atoms with Crippen molar-refractivity contribution in [2.24, 2.45) is 4.99 Å². The first-order chi connectivity index (χ1) is 20.6. The largest absolute Gasteiger partial charge is 0.439 e. The number of aliphatic imine (C=N–C) groups is 1. The highest BCUT2D eigenvalue weighted by Gasteiger charge is 2.23. The van der Waals surface area contributed by atoms with Crippen molar-refractivity contribution in [3.63, 3.8) is 0 Å². The summed E-state index contributed by atoms with van der Waals surface area (Å²) in [7, 11) is 1.66. The van der Waals surface area contributed by atoms with Gasteiger partial charge in [0.25, 0.3) is 5.56 Å². The number of hydrogen-bond donors (Lipinski definition) is 1. The molecule has 10 nitrogen and oxygen atoms in total. The Labute approximate surface area is 245 Å². The maximum Gasteiger partial charge on any atom is 0.261 e. The normalized spacial score (nSPS) is 16.3. The second-order valence-electron chi connectivity index (χ2n) is 10.6. The maximum atomic E-state index is 13.4. The molecule has 0 atom stereocenters. The van der Waals surface area contributed by atoms with Crippen molar-refractivity contribution in [1.29, 1.82) is 0 Å². The third-order valence-electron chi connectivity index (χ3n) is 7.96. The third-order valence-corrected chi connectivity index (χ3v) is 8.94. The molecule has 0 radical (unpaired) electrons. The second-order valence-corrected chi connectivity index (χ2v) is 11.5. The molecule has 2 aliphatic rings. The molecular weight excluding hydrogens is 552 g/mol. The van der Waals surface area contributed by atoms with Gasteiger partial charge >= 0.3 is 0 Å². The van der Waals surface area contributed by atoms with Gasteiger partial charge in [0.05, 0.1) is 18.8 Å². The zero-order chi connectivity index (χ0) is 28.6. The van der Waals surface area contributed by atoms with Gasteiger partial charge in [0.2, 0.25) is 11.4 Å². The van der Waals surface area contributed by atoms with E-state index in [1.807, 2.05) is 45.2 Å². The Morgan fingerprint density at radius 1 is 1.10 bits per heavy atom. The molecule has 1 aliphatic heterocycles. The van der Waals surface area contributed by atoms with Crippen LogP contribution in [0.2, 0.25) is 0 Å². The fourth-order valence-electron chi connectivity index (χ4n) is 5.87. The van der Waals surface area contributed by atoms with Crippen molar-refractivity contribution < 1.29 is 9.15 Å². The molecule has 1 aliphatic carbocycles. The lowest BCUT2D eigenvalue weighted by Crippen LogP contribution is -2.36. The lowest BCUT2D eigenvalue weighted by atomic mass is 10.1. The summed E-state index contributed by atoms with van der Waals surface area (Å²) >= 11 is 1.39. The molecule has 5 heterocycles. The van der Waals surface area contributed by atoms with Crippen LogP contribution < -0.4 is 21.2 Å². The van der Waals surface area contributed by atoms with Gasteiger partial charge in [-0.15, -0.1) is 11.3 Å². The lowest BCUT2D eigenvalue weighted by Gasteiger charge is -2.27. The van der Waals surface area contributed by atoms with E-state index >= 15 is 0 Å². The smallest absolute Gasteiger partial charge is 0.261 e. The third kappa shape index (κ3) is 4.88. The van der Waals surface area contributed by atoms with Crippen molar-refractivity contribution in [1.82, 2.24) is 14.5 Å². The first kappa shape index (κ1) is 26.5. The Kier molecular flexibility index (Phi) is 7.04. The predicted molar refractivity (Wildman–Crippen MR) is 167 cm³/mol. The number of aromatic nitrogens is 3. The molecule has 1 aromatic carbocycles. The van der Waals surface area contributed by atoms with Crippen LogP contribution in [0.15, 0.2) is 67.0 Å². The van der Waals surface area contributed by atoms with Crippen molar-refractivity contribution in [3.05, 3.63) is 74.1 Å². The molecule has 1 N–H and O–H groups in total. The van der Waals surface area contributed by atoms with Gasteiger partial charge < -0.3 is 19.4 Å². The van der Waals surface area contributed by atoms with E-state index in [-0.39, 0.29) is 17.0 Å². The number of nitrogens with one attached hydrogen (secondary N) is 1. The zero-order valence-corrected chi connectivity index (χ0v) is 24.0. The number of benzene rings is 1. The standard InChI is InChI=1S/C31H30N6O4S/c1-32-16-21-14-20-17-33-31(35-29(20)37(30(21)39)23-4-2-3-5-23)34-22-8-6-19(7-9-22)24-18-42-28-25(38)15-26(41-27(24)28)36-10-12-40-13-11-36/h6-9,14-18,23H,2-5,10-13H2,1H3,(H,33,34,35)/b32-16-. The Hall–Kier alpha value is -4.35. The van der Waals surface area contributed by atoms with E-state index in [1.54, 1.807) is 25.5 Å². The molecule has 4 aromatic heterocycles. The topological polar surface area (TPSA) is 115 Å². The van der Waals surface area contributed by atoms with Gasteiger partial charge in [0.1, 0.15) is 10.3 Å². The van der Waals surface area contributed by atoms with Crippen LogP contribution in [0.25, 0.3) is 32.4 Å². The van der Waals surface area contributed by atoms with Gasteiger partial charge in [0.15, 0.2) is 11.5 Å². The Balaban J connectivity index is 1.19. The highest BCUT2D eigenvalue weighted by Crippen LogP contribution is 2.35. The van der Waals surface area contributed by atoms with Crippen molar-refractivity contribution in [2.75, 3.05) is 43.6 Å². The fourth-order valence-corrected chi connectivity index (χ4v) is 6.78. The Morgan fingerprint density at radius 2 is 1.88 bits per heavy atom. The summed E-state index contributed by atoms with van der Waals surface area (Å²) in [6.45, 7) is 2.61. The highest BCUT2D eigenvalue weighted by molar-refractivity contribution is 7.17. The van der Waals surface area contributed by atoms with E-state index in [9.17, 15) is 9.59 Å². The monoisotopic (exact) mass is 582 g/mol. The summed E-state index contributed by atoms with van der Waals surface area (Å²) in [6.07, 6.45) is 7.48. The van der Waals surface area contributed by atoms with E-state index in [4.69, 9.17) is 14.1 Å². The molecular formula is C31H30N6O4S. The molecule has 1 saturated heterocycles. The van der Waals surface area contributed by atoms with E-state index in [1.165, 1.54) is 11.3 Å². The molecule has 0 unspecified atom stereocenters. The summed E-state index contributed by atoms with van der Waals surface area (Å²) < 4.78 is 14.2. The molecule has 7 rings (SSSR count). The molecule has 5 aromatic rings. The second kappa shape index (κ2) is 11.1. The molecule has 0 amide bonds. The lowest BCUT2D eigenvalue weighted by molar-refractivity contribution is 0.121. The maximum absolute atomic E-state index is 13.4. The number of rotatable bonds is 6. The van der Waals surface area contributed by atoms with Crippen molar-refractivity contribution in [2.45, 2.75) is 31.7 Å². The van der Waals surface area contributed by atoms with Gasteiger partial charge in [-0.2, -0.15) is 4.98 Å². The van der Waals surface area contributed by atoms with Crippen LogP contribution in [0.4, 0.5) is 17.5 Å². The summed E-state index contributed by atoms with van der Waals surface area (Å²) in [6, 6.07) is 11.4. The molecule has 42 heavy (non-hydrogen) atoms. The summed E-state index contributed by atoms with van der Waals surface area (Å²) in [4.78, 5) is 41.7. The molecule has 0 spiro atoms. The fraction of sp³-hybridized carbons (Fsp3) is 0.323. The van der Waals surface area contributed by atoms with Crippen LogP contribution in [-0.2, 0) is 4.74 Å². The van der Waals surface area contributed by atoms with Crippen molar-refractivity contribution >= 4 is 56.4 Å². The van der Waals surface area contributed by atoms with E-state index in [0.717, 1.165) is 47.9 Å². The zero-order valence-electron chi connectivity index (χ0n) is 23.2. The summed E-state index contributed by atoms with van der Waals surface area (Å²) in [5.41, 5.74) is 4.29. The molecule has 1 saturated carbocycles. The number of morpholine rings is 1. The minimum Gasteiger partial charge on any atom is -0.439 e. The van der Waals surface area contributed by atoms with Crippen LogP contribution in [0, 0.1) is 0 Å². The SMILES string of the molecule is C/N=C\c1cc2cnc(Nc3ccc(-c4csc5c(=O)cc(N6CCOCC6)oc45)cc3)nc2n(C2CCCC2)c1=O. The van der Waals surface area contributed by atoms with E-state index in [0.29, 0.717) is 59.6 Å². The highest BCUT2D eigenvalue weighted by atomic mass is 32.1. The number of pyridine rings is 1. The van der Waals surface area contributed by atoms with Crippen molar-refractivity contribution in [3.8, 4) is 11.1 Å². The molecule has 2 fully saturated rings. The number of nitrogens with zero attached hydrogens (tertiary/aromatic N) is 5. The van der Waals surface area contributed by atoms with Crippen LogP contribution >= 0.6 is 11.3 Å². The minimum atomic E-state index is -0.0691. The van der Waals surface area contributed by atoms with Crippen LogP contribution in [-0.4, -0.2) is 54.1 Å². The minimum absolute atomic E-state index is 0.0362. The molecule has 11 heteroatoms. The molecule has 0 bridgehead atoms. The van der Waals surface area contributed by atoms with Crippen LogP contribution in [0.5, 0.6) is 0 Å².